The number of carboxylic acids is 1. The van der Waals surface area contributed by atoms with Crippen LogP contribution in [-0.2, 0) is 14.3 Å². The van der Waals surface area contributed by atoms with Gasteiger partial charge in [0.2, 0.25) is 0 Å². The first-order valence-corrected chi connectivity index (χ1v) is 5.25. The number of nitrogens with one attached hydrogen (secondary N) is 1. The Morgan fingerprint density at radius 3 is 2.41 bits per heavy atom. The van der Waals surface area contributed by atoms with Crippen LogP contribution in [0.15, 0.2) is 0 Å². The highest BCUT2D eigenvalue weighted by Crippen LogP contribution is 2.06. The molecule has 7 nitrogen and oxygen atoms in total. The molecule has 0 spiro atoms. The Hall–Kier alpha value is -1.34. The molecule has 1 atom stereocenters. The van der Waals surface area contributed by atoms with Gasteiger partial charge in [0.15, 0.2) is 0 Å². The zero-order chi connectivity index (χ0) is 13.5. The molecule has 1 amide bonds. The van der Waals surface area contributed by atoms with Gasteiger partial charge in [-0.3, -0.25) is 0 Å². The van der Waals surface area contributed by atoms with Gasteiger partial charge in [-0.2, -0.15) is 0 Å². The van der Waals surface area contributed by atoms with E-state index >= 15 is 0 Å². The van der Waals surface area contributed by atoms with Crippen LogP contribution < -0.4 is 11.1 Å². The molecule has 0 saturated heterocycles. The fourth-order valence-electron chi connectivity index (χ4n) is 0.911. The predicted octanol–water partition coefficient (Wildman–Crippen LogP) is -0.0604. The monoisotopic (exact) mass is 248 g/mol. The number of hydrogen-bond donors (Lipinski definition) is 3. The summed E-state index contributed by atoms with van der Waals surface area (Å²) in [5.74, 6) is -1.08. The van der Waals surface area contributed by atoms with Crippen molar-refractivity contribution in [3.8, 4) is 0 Å². The lowest BCUT2D eigenvalue weighted by molar-refractivity contribution is -0.144. The molecule has 7 heteroatoms. The molecule has 0 aliphatic carbocycles. The van der Waals surface area contributed by atoms with Crippen molar-refractivity contribution in [2.24, 2.45) is 5.73 Å². The SMILES string of the molecule is CC(C)(C)OC(=O)NCC(CN)OCC(=O)O. The summed E-state index contributed by atoms with van der Waals surface area (Å²) in [5.41, 5.74) is 4.78. The van der Waals surface area contributed by atoms with Gasteiger partial charge < -0.3 is 25.6 Å². The fourth-order valence-corrected chi connectivity index (χ4v) is 0.911. The zero-order valence-electron chi connectivity index (χ0n) is 10.4. The average Bonchev–Trinajstić information content (AvgIpc) is 2.14. The Morgan fingerprint density at radius 1 is 1.41 bits per heavy atom. The van der Waals surface area contributed by atoms with Crippen LogP contribution >= 0.6 is 0 Å². The fraction of sp³-hybridized carbons (Fsp3) is 0.800. The average molecular weight is 248 g/mol. The van der Waals surface area contributed by atoms with Crippen LogP contribution in [0.1, 0.15) is 20.8 Å². The Morgan fingerprint density at radius 2 is 2.00 bits per heavy atom. The van der Waals surface area contributed by atoms with Gasteiger partial charge in [0.05, 0.1) is 6.10 Å². The van der Waals surface area contributed by atoms with Crippen molar-refractivity contribution in [2.45, 2.75) is 32.5 Å². The van der Waals surface area contributed by atoms with Crippen LogP contribution in [0.4, 0.5) is 4.79 Å². The first kappa shape index (κ1) is 15.7. The second-order valence-corrected chi connectivity index (χ2v) is 4.45. The van der Waals surface area contributed by atoms with Crippen LogP contribution in [-0.4, -0.2) is 48.6 Å². The quantitative estimate of drug-likeness (QED) is 0.607. The third-order valence-electron chi connectivity index (χ3n) is 1.58. The third-order valence-corrected chi connectivity index (χ3v) is 1.58. The maximum Gasteiger partial charge on any atom is 0.407 e. The van der Waals surface area contributed by atoms with Crippen LogP contribution in [0.25, 0.3) is 0 Å². The summed E-state index contributed by atoms with van der Waals surface area (Å²) in [4.78, 5) is 21.5. The molecule has 0 fully saturated rings. The molecule has 0 saturated carbocycles. The van der Waals surface area contributed by atoms with Crippen molar-refractivity contribution < 1.29 is 24.2 Å². The van der Waals surface area contributed by atoms with Crippen molar-refractivity contribution >= 4 is 12.1 Å². The summed E-state index contributed by atoms with van der Waals surface area (Å²) in [5, 5.41) is 10.9. The van der Waals surface area contributed by atoms with Crippen molar-refractivity contribution in [2.75, 3.05) is 19.7 Å². The number of amides is 1. The summed E-state index contributed by atoms with van der Waals surface area (Å²) >= 11 is 0. The lowest BCUT2D eigenvalue weighted by Gasteiger charge is -2.21. The van der Waals surface area contributed by atoms with Gasteiger partial charge in [-0.1, -0.05) is 0 Å². The largest absolute Gasteiger partial charge is 0.480 e. The number of hydrogen-bond acceptors (Lipinski definition) is 5. The van der Waals surface area contributed by atoms with Crippen molar-refractivity contribution in [1.29, 1.82) is 0 Å². The summed E-state index contributed by atoms with van der Waals surface area (Å²) < 4.78 is 9.93. The third kappa shape index (κ3) is 9.58. The standard InChI is InChI=1S/C10H20N2O5/c1-10(2,3)17-9(15)12-5-7(4-11)16-6-8(13)14/h7H,4-6,11H2,1-3H3,(H,12,15)(H,13,14). The number of carboxylic acid groups (broad SMARTS) is 1. The van der Waals surface area contributed by atoms with E-state index in [1.807, 2.05) is 0 Å². The number of aliphatic carboxylic acids is 1. The number of carbonyl (C=O) groups is 2. The molecule has 0 aromatic heterocycles. The summed E-state index contributed by atoms with van der Waals surface area (Å²) in [6.45, 7) is 5.01. The number of alkyl carbamates (subject to hydrolysis) is 1. The number of carbonyl (C=O) groups excluding carboxylic acids is 1. The second-order valence-electron chi connectivity index (χ2n) is 4.45. The van der Waals surface area contributed by atoms with Crippen LogP contribution in [0.2, 0.25) is 0 Å². The summed E-state index contributed by atoms with van der Waals surface area (Å²) in [6, 6.07) is 0. The molecular weight excluding hydrogens is 228 g/mol. The number of ether oxygens (including phenoxy) is 2. The summed E-state index contributed by atoms with van der Waals surface area (Å²) in [7, 11) is 0. The first-order valence-electron chi connectivity index (χ1n) is 5.25. The van der Waals surface area contributed by atoms with Crippen molar-refractivity contribution in [1.82, 2.24) is 5.32 Å². The van der Waals surface area contributed by atoms with E-state index < -0.39 is 30.4 Å². The first-order chi connectivity index (χ1) is 7.74. The van der Waals surface area contributed by atoms with Gasteiger partial charge in [-0.15, -0.1) is 0 Å². The highest BCUT2D eigenvalue weighted by molar-refractivity contribution is 5.68. The molecule has 0 bridgehead atoms. The van der Waals surface area contributed by atoms with Gasteiger partial charge in [0.25, 0.3) is 0 Å². The van der Waals surface area contributed by atoms with Gasteiger partial charge >= 0.3 is 12.1 Å². The lowest BCUT2D eigenvalue weighted by atomic mass is 10.2. The minimum absolute atomic E-state index is 0.110. The van der Waals surface area contributed by atoms with E-state index in [4.69, 9.17) is 20.3 Å². The number of nitrogens with two attached hydrogens (primary N) is 1. The molecule has 0 radical (unpaired) electrons. The number of rotatable bonds is 6. The van der Waals surface area contributed by atoms with Crippen LogP contribution in [0, 0.1) is 0 Å². The van der Waals surface area contributed by atoms with Gasteiger partial charge in [-0.25, -0.2) is 9.59 Å². The smallest absolute Gasteiger partial charge is 0.407 e. The zero-order valence-corrected chi connectivity index (χ0v) is 10.4. The normalized spacial score (nSPS) is 12.9. The van der Waals surface area contributed by atoms with Gasteiger partial charge in [0.1, 0.15) is 12.2 Å². The molecule has 0 aliphatic heterocycles. The Bertz CT molecular complexity index is 262. The van der Waals surface area contributed by atoms with E-state index in [-0.39, 0.29) is 13.1 Å². The maximum atomic E-state index is 11.3. The minimum atomic E-state index is -1.08. The molecule has 17 heavy (non-hydrogen) atoms. The van der Waals surface area contributed by atoms with Crippen molar-refractivity contribution in [3.63, 3.8) is 0 Å². The van der Waals surface area contributed by atoms with Crippen molar-refractivity contribution in [3.05, 3.63) is 0 Å². The molecular formula is C10H20N2O5. The predicted molar refractivity (Wildman–Crippen MR) is 60.7 cm³/mol. The van der Waals surface area contributed by atoms with Gasteiger partial charge in [0, 0.05) is 13.1 Å². The van der Waals surface area contributed by atoms with Gasteiger partial charge in [-0.05, 0) is 20.8 Å². The second kappa shape index (κ2) is 7.08. The minimum Gasteiger partial charge on any atom is -0.480 e. The summed E-state index contributed by atoms with van der Waals surface area (Å²) in [6.07, 6.45) is -1.13. The highest BCUT2D eigenvalue weighted by atomic mass is 16.6. The highest BCUT2D eigenvalue weighted by Gasteiger charge is 2.17. The maximum absolute atomic E-state index is 11.3. The molecule has 0 aliphatic rings. The van der Waals surface area contributed by atoms with Crippen LogP contribution in [0.3, 0.4) is 0 Å². The Kier molecular flexibility index (Phi) is 6.52. The molecule has 100 valence electrons. The topological polar surface area (TPSA) is 111 Å². The molecule has 0 aromatic rings. The molecule has 0 rings (SSSR count). The van der Waals surface area contributed by atoms with E-state index in [9.17, 15) is 9.59 Å². The Labute approximate surface area is 100 Å². The van der Waals surface area contributed by atoms with E-state index in [0.29, 0.717) is 0 Å². The van der Waals surface area contributed by atoms with E-state index in [2.05, 4.69) is 5.32 Å². The molecule has 4 N–H and O–H groups in total. The molecule has 0 aromatic carbocycles. The van der Waals surface area contributed by atoms with Crippen LogP contribution in [0.5, 0.6) is 0 Å². The Balaban J connectivity index is 3.90. The van der Waals surface area contributed by atoms with E-state index in [1.54, 1.807) is 20.8 Å². The molecule has 1 unspecified atom stereocenters. The van der Waals surface area contributed by atoms with E-state index in [0.717, 1.165) is 0 Å². The molecule has 0 heterocycles. The lowest BCUT2D eigenvalue weighted by Crippen LogP contribution is -2.41. The van der Waals surface area contributed by atoms with E-state index in [1.165, 1.54) is 0 Å².